The van der Waals surface area contributed by atoms with Crippen molar-refractivity contribution < 1.29 is 14.3 Å². The summed E-state index contributed by atoms with van der Waals surface area (Å²) >= 11 is 0. The number of anilines is 1. The van der Waals surface area contributed by atoms with Crippen LogP contribution in [0.15, 0.2) is 35.5 Å². The predicted octanol–water partition coefficient (Wildman–Crippen LogP) is 5.23. The van der Waals surface area contributed by atoms with Crippen molar-refractivity contribution in [3.05, 3.63) is 35.5 Å². The van der Waals surface area contributed by atoms with E-state index in [4.69, 9.17) is 14.5 Å². The van der Waals surface area contributed by atoms with Gasteiger partial charge in [-0.25, -0.2) is 4.98 Å². The van der Waals surface area contributed by atoms with Crippen molar-refractivity contribution in [3.63, 3.8) is 0 Å². The largest absolute Gasteiger partial charge is 0.438 e. The van der Waals surface area contributed by atoms with Crippen molar-refractivity contribution in [2.75, 3.05) is 12.1 Å². The van der Waals surface area contributed by atoms with E-state index in [1.54, 1.807) is 0 Å². The highest BCUT2D eigenvalue weighted by atomic mass is 16.7. The monoisotopic (exact) mass is 385 g/mol. The summed E-state index contributed by atoms with van der Waals surface area (Å²) < 4.78 is 13.6. The van der Waals surface area contributed by atoms with Gasteiger partial charge in [0.15, 0.2) is 13.0 Å². The van der Waals surface area contributed by atoms with Crippen LogP contribution in [0.1, 0.15) is 60.6 Å². The lowest BCUT2D eigenvalue weighted by molar-refractivity contribution is -0.172. The molecule has 0 amide bonds. The summed E-state index contributed by atoms with van der Waals surface area (Å²) in [5, 5.41) is 3.54. The third-order valence-electron chi connectivity index (χ3n) is 5.24. The number of hydrogen-bond donors (Lipinski definition) is 1. The Hall–Kier alpha value is -2.34. The molecular weight excluding hydrogens is 354 g/mol. The van der Waals surface area contributed by atoms with Gasteiger partial charge < -0.3 is 14.8 Å². The number of rotatable bonds is 6. The molecule has 0 fully saturated rings. The molecule has 1 N–H and O–H groups in total. The summed E-state index contributed by atoms with van der Waals surface area (Å²) in [4.78, 5) is 16.9. The Balaban J connectivity index is 1.98. The van der Waals surface area contributed by atoms with Crippen molar-refractivity contribution in [2.24, 2.45) is 11.3 Å². The van der Waals surface area contributed by atoms with Gasteiger partial charge >= 0.3 is 5.97 Å². The van der Waals surface area contributed by atoms with Crippen molar-refractivity contribution in [2.45, 2.75) is 60.6 Å². The normalized spacial score (nSPS) is 18.0. The Morgan fingerprint density at radius 2 is 2.00 bits per heavy atom. The highest BCUT2D eigenvalue weighted by Gasteiger charge is 2.32. The fraction of sp³-hybridized carbons (Fsp3) is 0.545. The first kappa shape index (κ1) is 20.4. The molecule has 152 valence electrons. The molecule has 1 aromatic carbocycles. The highest BCUT2D eigenvalue weighted by Crippen LogP contribution is 2.39. The first-order chi connectivity index (χ1) is 13.3. The van der Waals surface area contributed by atoms with Crippen molar-refractivity contribution in [3.8, 4) is 0 Å². The minimum atomic E-state index is -0.560. The Kier molecular flexibility index (Phi) is 5.79. The zero-order valence-corrected chi connectivity index (χ0v) is 17.7. The standard InChI is InChI=1S/C22H31N3O3/c1-7-14(3)18-15(8-2)19(27-13-28-20(26)22(4,5)6)25-17-12-10-9-11-16(17)23-21(25)24-18/h9-12,14,19H,7-8,13H2,1-6H3,(H,23,24). The Labute approximate surface area is 166 Å². The molecule has 1 aliphatic rings. The number of allylic oxidation sites excluding steroid dienone is 1. The summed E-state index contributed by atoms with van der Waals surface area (Å²) in [7, 11) is 0. The lowest BCUT2D eigenvalue weighted by atomic mass is 9.96. The fourth-order valence-corrected chi connectivity index (χ4v) is 3.41. The molecule has 2 aromatic rings. The van der Waals surface area contributed by atoms with E-state index in [1.165, 1.54) is 0 Å². The second-order valence-electron chi connectivity index (χ2n) is 8.34. The summed E-state index contributed by atoms with van der Waals surface area (Å²) in [6.07, 6.45) is 1.49. The van der Waals surface area contributed by atoms with Gasteiger partial charge in [0, 0.05) is 5.70 Å². The number of esters is 1. The van der Waals surface area contributed by atoms with E-state index >= 15 is 0 Å². The maximum absolute atomic E-state index is 12.1. The zero-order chi connectivity index (χ0) is 20.5. The van der Waals surface area contributed by atoms with Gasteiger partial charge in [-0.2, -0.15) is 0 Å². The lowest BCUT2D eigenvalue weighted by Gasteiger charge is -2.33. The first-order valence-corrected chi connectivity index (χ1v) is 10.0. The number of para-hydroxylation sites is 2. The Bertz CT molecular complexity index is 892. The number of imidazole rings is 1. The van der Waals surface area contributed by atoms with Crippen LogP contribution in [0.2, 0.25) is 0 Å². The molecular formula is C22H31N3O3. The number of nitrogens with one attached hydrogen (secondary N) is 1. The summed E-state index contributed by atoms with van der Waals surface area (Å²) in [6, 6.07) is 8.00. The number of nitrogens with zero attached hydrogens (tertiary/aromatic N) is 2. The van der Waals surface area contributed by atoms with E-state index in [9.17, 15) is 4.79 Å². The van der Waals surface area contributed by atoms with Gasteiger partial charge in [-0.15, -0.1) is 0 Å². The third-order valence-corrected chi connectivity index (χ3v) is 5.24. The number of benzene rings is 1. The lowest BCUT2D eigenvalue weighted by Crippen LogP contribution is -2.30. The molecule has 2 unspecified atom stereocenters. The van der Waals surface area contributed by atoms with Crippen LogP contribution in [-0.2, 0) is 14.3 Å². The van der Waals surface area contributed by atoms with E-state index in [2.05, 4.69) is 30.7 Å². The molecule has 1 aromatic heterocycles. The number of carbonyl (C=O) groups excluding carboxylic acids is 1. The van der Waals surface area contributed by atoms with E-state index in [0.717, 1.165) is 41.1 Å². The summed E-state index contributed by atoms with van der Waals surface area (Å²) in [5.74, 6) is 0.842. The quantitative estimate of drug-likeness (QED) is 0.544. The molecule has 0 bridgehead atoms. The molecule has 0 aliphatic carbocycles. The van der Waals surface area contributed by atoms with Gasteiger partial charge in [-0.3, -0.25) is 9.36 Å². The number of aromatic nitrogens is 2. The smallest absolute Gasteiger partial charge is 0.313 e. The third kappa shape index (κ3) is 3.78. The number of ether oxygens (including phenoxy) is 2. The minimum Gasteiger partial charge on any atom is -0.438 e. The minimum absolute atomic E-state index is 0.0933. The number of fused-ring (bicyclic) bond motifs is 3. The molecule has 28 heavy (non-hydrogen) atoms. The van der Waals surface area contributed by atoms with Crippen LogP contribution in [0, 0.1) is 11.3 Å². The molecule has 6 heteroatoms. The molecule has 0 saturated carbocycles. The molecule has 2 atom stereocenters. The first-order valence-electron chi connectivity index (χ1n) is 10.0. The Morgan fingerprint density at radius 3 is 2.64 bits per heavy atom. The van der Waals surface area contributed by atoms with Gasteiger partial charge in [0.05, 0.1) is 16.4 Å². The van der Waals surface area contributed by atoms with Crippen LogP contribution in [0.4, 0.5) is 5.95 Å². The van der Waals surface area contributed by atoms with Crippen molar-refractivity contribution in [1.82, 2.24) is 9.55 Å². The topological polar surface area (TPSA) is 65.4 Å². The van der Waals surface area contributed by atoms with Gasteiger partial charge in [0.25, 0.3) is 0 Å². The summed E-state index contributed by atoms with van der Waals surface area (Å²) in [6.45, 7) is 11.9. The molecule has 1 aliphatic heterocycles. The molecule has 3 rings (SSSR count). The molecule has 0 spiro atoms. The second kappa shape index (κ2) is 7.95. The van der Waals surface area contributed by atoms with E-state index in [0.29, 0.717) is 5.92 Å². The molecule has 2 heterocycles. The van der Waals surface area contributed by atoms with Crippen LogP contribution in [0.5, 0.6) is 0 Å². The molecule has 0 saturated heterocycles. The van der Waals surface area contributed by atoms with Crippen LogP contribution in [0.3, 0.4) is 0 Å². The highest BCUT2D eigenvalue weighted by molar-refractivity contribution is 5.80. The number of hydrogen-bond acceptors (Lipinski definition) is 5. The average molecular weight is 386 g/mol. The number of carbonyl (C=O) groups is 1. The van der Waals surface area contributed by atoms with Gasteiger partial charge in [0.1, 0.15) is 0 Å². The van der Waals surface area contributed by atoms with Crippen LogP contribution >= 0.6 is 0 Å². The average Bonchev–Trinajstić information content (AvgIpc) is 3.04. The molecule has 0 radical (unpaired) electrons. The van der Waals surface area contributed by atoms with Gasteiger partial charge in [0.2, 0.25) is 5.95 Å². The second-order valence-corrected chi connectivity index (χ2v) is 8.34. The fourth-order valence-electron chi connectivity index (χ4n) is 3.41. The van der Waals surface area contributed by atoms with Crippen molar-refractivity contribution >= 4 is 23.0 Å². The van der Waals surface area contributed by atoms with E-state index in [-0.39, 0.29) is 19.0 Å². The van der Waals surface area contributed by atoms with Crippen molar-refractivity contribution in [1.29, 1.82) is 0 Å². The van der Waals surface area contributed by atoms with Crippen LogP contribution < -0.4 is 5.32 Å². The Morgan fingerprint density at radius 1 is 1.29 bits per heavy atom. The van der Waals surface area contributed by atoms with Crippen LogP contribution in [-0.4, -0.2) is 22.3 Å². The maximum Gasteiger partial charge on any atom is 0.313 e. The zero-order valence-electron chi connectivity index (χ0n) is 17.7. The SMILES string of the molecule is CCC1=C(C(C)CC)Nc2nc3ccccc3n2C1OCOC(=O)C(C)(C)C. The van der Waals surface area contributed by atoms with E-state index < -0.39 is 5.41 Å². The molecule has 6 nitrogen and oxygen atoms in total. The van der Waals surface area contributed by atoms with Crippen LogP contribution in [0.25, 0.3) is 11.0 Å². The van der Waals surface area contributed by atoms with Gasteiger partial charge in [-0.1, -0.05) is 32.9 Å². The van der Waals surface area contributed by atoms with E-state index in [1.807, 2.05) is 45.0 Å². The summed E-state index contributed by atoms with van der Waals surface area (Å²) in [5.41, 5.74) is 3.66. The maximum atomic E-state index is 12.1. The van der Waals surface area contributed by atoms with Gasteiger partial charge in [-0.05, 0) is 57.2 Å². The predicted molar refractivity (Wildman–Crippen MR) is 111 cm³/mol.